The predicted molar refractivity (Wildman–Crippen MR) is 423 cm³/mol. The van der Waals surface area contributed by atoms with Crippen molar-refractivity contribution in [3.63, 3.8) is 0 Å². The molecule has 2 amide bonds. The fourth-order valence-electron chi connectivity index (χ4n) is 17.1. The third-order valence-electron chi connectivity index (χ3n) is 22.9. The topological polar surface area (TPSA) is 302 Å². The van der Waals surface area contributed by atoms with Crippen molar-refractivity contribution >= 4 is 125 Å². The highest BCUT2D eigenvalue weighted by molar-refractivity contribution is 6.08. The Hall–Kier alpha value is -11.0. The molecule has 3 atom stereocenters. The Morgan fingerprint density at radius 3 is 1.05 bits per heavy atom. The molecule has 109 heavy (non-hydrogen) atoms. The molecule has 0 radical (unpaired) electrons. The van der Waals surface area contributed by atoms with E-state index in [0.717, 1.165) is 163 Å². The highest BCUT2D eigenvalue weighted by Crippen LogP contribution is 2.43. The SMILES string of the molecule is CC(=O)N1Cc2ccc(Nc3ncc4c5ccncc5n(C5CCC(C)CC5)c4n3)nc2C(C)C1.CC(=O)N1Cc2ccc(Nc3ncc4c5ccncc5n(C5CCC(C)CC5)c4n3)nc2C(C)C1.CC(=O)OC(C)=O.CC1CCC(n2c3cnccc3c3cnc(Nc4ccc5c(n4)C(C)CNC5)nc32)CC1. The summed E-state index contributed by atoms with van der Waals surface area (Å²) in [4.78, 5) is 104. The Morgan fingerprint density at radius 2 is 0.725 bits per heavy atom. The molecule has 18 rings (SSSR count). The van der Waals surface area contributed by atoms with Crippen molar-refractivity contribution in [3.8, 4) is 0 Å². The Labute approximate surface area is 633 Å². The number of carbonyl (C=O) groups is 4. The Kier molecular flexibility index (Phi) is 21.3. The number of aromatic nitrogens is 15. The predicted octanol–water partition coefficient (Wildman–Crippen LogP) is 15.8. The molecule has 12 aromatic rings. The van der Waals surface area contributed by atoms with Gasteiger partial charge in [-0.25, -0.2) is 29.9 Å². The first-order chi connectivity index (χ1) is 52.7. The molecule has 3 fully saturated rings. The van der Waals surface area contributed by atoms with Gasteiger partial charge in [-0.1, -0.05) is 59.7 Å². The molecule has 564 valence electrons. The number of amides is 2. The number of rotatable bonds is 9. The van der Waals surface area contributed by atoms with Gasteiger partial charge in [-0.3, -0.25) is 34.1 Å². The van der Waals surface area contributed by atoms with Crippen LogP contribution in [0, 0.1) is 17.8 Å². The summed E-state index contributed by atoms with van der Waals surface area (Å²) in [5, 5.41) is 20.2. The number of anilines is 6. The molecule has 0 saturated heterocycles. The van der Waals surface area contributed by atoms with Gasteiger partial charge in [0.05, 0.1) is 52.2 Å². The maximum atomic E-state index is 11.9. The van der Waals surface area contributed by atoms with E-state index in [-0.39, 0.29) is 23.7 Å². The maximum absolute atomic E-state index is 11.9. The molecule has 3 aliphatic heterocycles. The van der Waals surface area contributed by atoms with Gasteiger partial charge in [0.2, 0.25) is 29.7 Å². The average Bonchev–Trinajstić information content (AvgIpc) is 1.61. The number of carbonyl (C=O) groups excluding carboxylic acids is 4. The lowest BCUT2D eigenvalue weighted by Crippen LogP contribution is -2.36. The normalized spacial score (nSPS) is 21.7. The number of fused-ring (bicyclic) bond motifs is 12. The number of hydrogen-bond donors (Lipinski definition) is 4. The third kappa shape index (κ3) is 15.7. The standard InChI is InChI=1S/2C27H31N7O.C25H29N7.C4H6O3/c2*1-16-4-7-20(8-5-16)34-23-13-28-11-10-21(23)22-12-29-27(32-26(22)34)31-24-9-6-19-15-33(18(3)35)14-17(2)25(19)30-24;1-15-3-6-18(7-4-15)32-21-14-26-10-9-19(21)20-13-28-25(31-24(20)32)30-22-8-5-17-12-27-11-16(2)23(17)29-22;1-3(5)7-4(2)6/h2*6,9-13,16-17,20H,4-5,7-8,14-15H2,1-3H3,(H,29,30,31,32);5,8-10,13-16,18,27H,3-4,6-7,11-12H2,1-2H3,(H,28,29,30,31);1-2H3. The lowest BCUT2D eigenvalue weighted by atomic mass is 9.87. The van der Waals surface area contributed by atoms with Crippen LogP contribution in [-0.4, -0.2) is 127 Å². The molecule has 0 aromatic carbocycles. The largest absolute Gasteiger partial charge is 0.394 e. The van der Waals surface area contributed by atoms with E-state index in [1.807, 2.05) is 83.8 Å². The Bertz CT molecular complexity index is 5170. The minimum atomic E-state index is -0.562. The Morgan fingerprint density at radius 1 is 0.394 bits per heavy atom. The number of ether oxygens (including phenoxy) is 1. The number of hydrogen-bond acceptors (Lipinski definition) is 21. The van der Waals surface area contributed by atoms with Crippen LogP contribution in [0.15, 0.2) is 110 Å². The van der Waals surface area contributed by atoms with Gasteiger partial charge in [0.25, 0.3) is 0 Å². The molecule has 3 aliphatic carbocycles. The zero-order valence-electron chi connectivity index (χ0n) is 64.0. The summed E-state index contributed by atoms with van der Waals surface area (Å²) in [6.45, 7) is 23.5. The summed E-state index contributed by atoms with van der Waals surface area (Å²) in [5.41, 5.74) is 13.0. The van der Waals surface area contributed by atoms with E-state index in [9.17, 15) is 19.2 Å². The molecule has 12 aromatic heterocycles. The van der Waals surface area contributed by atoms with Gasteiger partial charge >= 0.3 is 11.9 Å². The lowest BCUT2D eigenvalue weighted by Gasteiger charge is -2.31. The molecule has 3 unspecified atom stereocenters. The van der Waals surface area contributed by atoms with Gasteiger partial charge < -0.3 is 49.5 Å². The number of esters is 2. The highest BCUT2D eigenvalue weighted by Gasteiger charge is 2.32. The van der Waals surface area contributed by atoms with E-state index in [1.54, 1.807) is 13.8 Å². The number of nitrogens with one attached hydrogen (secondary N) is 4. The molecule has 0 spiro atoms. The van der Waals surface area contributed by atoms with E-state index >= 15 is 0 Å². The van der Waals surface area contributed by atoms with Crippen molar-refractivity contribution in [1.29, 1.82) is 0 Å². The fourth-order valence-corrected chi connectivity index (χ4v) is 17.1. The van der Waals surface area contributed by atoms with Gasteiger partial charge in [0.1, 0.15) is 34.4 Å². The van der Waals surface area contributed by atoms with Crippen molar-refractivity contribution in [2.45, 2.75) is 202 Å². The van der Waals surface area contributed by atoms with Crippen LogP contribution in [-0.2, 0) is 43.5 Å². The van der Waals surface area contributed by atoms with Gasteiger partial charge in [-0.2, -0.15) is 15.0 Å². The van der Waals surface area contributed by atoms with Gasteiger partial charge in [0.15, 0.2) is 0 Å². The number of nitrogens with zero attached hydrogens (tertiary/aromatic N) is 17. The number of pyridine rings is 6. The average molecular weight is 1470 g/mol. The van der Waals surface area contributed by atoms with Crippen LogP contribution in [0.25, 0.3) is 65.8 Å². The van der Waals surface area contributed by atoms with Gasteiger partial charge in [0, 0.05) is 172 Å². The van der Waals surface area contributed by atoms with Crippen molar-refractivity contribution in [2.24, 2.45) is 17.8 Å². The van der Waals surface area contributed by atoms with E-state index in [0.29, 0.717) is 68.1 Å². The smallest absolute Gasteiger partial charge is 0.310 e. The van der Waals surface area contributed by atoms with Crippen LogP contribution in [0.2, 0.25) is 0 Å². The van der Waals surface area contributed by atoms with Crippen LogP contribution in [0.3, 0.4) is 0 Å². The molecular weight excluding hydrogens is 1370 g/mol. The summed E-state index contributed by atoms with van der Waals surface area (Å²) in [6.07, 6.45) is 31.7. The Balaban J connectivity index is 0.000000125. The molecule has 26 nitrogen and oxygen atoms in total. The molecule has 4 N–H and O–H groups in total. The molecule has 15 heterocycles. The summed E-state index contributed by atoms with van der Waals surface area (Å²) in [7, 11) is 0. The van der Waals surface area contributed by atoms with Crippen LogP contribution < -0.4 is 21.3 Å². The first-order valence-corrected chi connectivity index (χ1v) is 38.8. The summed E-state index contributed by atoms with van der Waals surface area (Å²) < 4.78 is 11.1. The minimum absolute atomic E-state index is 0.101. The van der Waals surface area contributed by atoms with Crippen LogP contribution in [0.4, 0.5) is 35.3 Å². The summed E-state index contributed by atoms with van der Waals surface area (Å²) >= 11 is 0. The quantitative estimate of drug-likeness (QED) is 0.0771. The van der Waals surface area contributed by atoms with Gasteiger partial charge in [-0.05, 0) is 148 Å². The summed E-state index contributed by atoms with van der Waals surface area (Å²) in [5.74, 6) is 6.12. The van der Waals surface area contributed by atoms with Crippen LogP contribution >= 0.6 is 0 Å². The zero-order chi connectivity index (χ0) is 75.7. The van der Waals surface area contributed by atoms with Crippen LogP contribution in [0.5, 0.6) is 0 Å². The second kappa shape index (κ2) is 31.7. The minimum Gasteiger partial charge on any atom is -0.394 e. The van der Waals surface area contributed by atoms with E-state index in [2.05, 4.69) is 148 Å². The zero-order valence-corrected chi connectivity index (χ0v) is 64.0. The van der Waals surface area contributed by atoms with Crippen molar-refractivity contribution < 1.29 is 23.9 Å². The second-order valence-electron chi connectivity index (χ2n) is 31.1. The van der Waals surface area contributed by atoms with Gasteiger partial charge in [-0.15, -0.1) is 0 Å². The molecule has 3 saturated carbocycles. The van der Waals surface area contributed by atoms with Crippen molar-refractivity contribution in [3.05, 3.63) is 144 Å². The first kappa shape index (κ1) is 73.5. The van der Waals surface area contributed by atoms with E-state index < -0.39 is 11.9 Å². The monoisotopic (exact) mass is 1470 g/mol. The molecule has 26 heteroatoms. The first-order valence-electron chi connectivity index (χ1n) is 38.8. The second-order valence-corrected chi connectivity index (χ2v) is 31.1. The molecular formula is C83H97N21O5. The summed E-state index contributed by atoms with van der Waals surface area (Å²) in [6, 6.07) is 19.7. The molecule has 0 bridgehead atoms. The van der Waals surface area contributed by atoms with E-state index in [4.69, 9.17) is 29.9 Å². The fraction of sp³-hybridized carbons (Fsp3) is 0.446. The van der Waals surface area contributed by atoms with Crippen LogP contribution in [0.1, 0.15) is 216 Å². The van der Waals surface area contributed by atoms with Crippen molar-refractivity contribution in [1.82, 2.24) is 88.6 Å². The highest BCUT2D eigenvalue weighted by atomic mass is 16.6. The lowest BCUT2D eigenvalue weighted by molar-refractivity contribution is -0.156. The maximum Gasteiger partial charge on any atom is 0.310 e. The van der Waals surface area contributed by atoms with Crippen molar-refractivity contribution in [2.75, 3.05) is 35.6 Å². The van der Waals surface area contributed by atoms with E-state index in [1.165, 1.54) is 76.2 Å². The third-order valence-corrected chi connectivity index (χ3v) is 22.9. The molecule has 6 aliphatic rings.